The smallest absolute Gasteiger partial charge is 0.202 e. The van der Waals surface area contributed by atoms with Crippen LogP contribution < -0.4 is 4.90 Å². The average Bonchev–Trinajstić information content (AvgIpc) is 2.83. The van der Waals surface area contributed by atoms with Crippen LogP contribution in [-0.2, 0) is 19.1 Å². The Morgan fingerprint density at radius 1 is 1.28 bits per heavy atom. The van der Waals surface area contributed by atoms with Crippen LogP contribution >= 0.6 is 12.2 Å². The van der Waals surface area contributed by atoms with Crippen LogP contribution in [0.2, 0.25) is 0 Å². The maximum Gasteiger partial charge on any atom is 0.202 e. The lowest BCUT2D eigenvalue weighted by atomic mass is 9.87. The Balaban J connectivity index is 1.85. The summed E-state index contributed by atoms with van der Waals surface area (Å²) in [6, 6.07) is 8.59. The van der Waals surface area contributed by atoms with Gasteiger partial charge in [-0.05, 0) is 36.0 Å². The molecule has 2 atom stereocenters. The Bertz CT molecular complexity index is 785. The Morgan fingerprint density at radius 2 is 1.96 bits per heavy atom. The van der Waals surface area contributed by atoms with Crippen LogP contribution in [0.1, 0.15) is 39.2 Å². The Morgan fingerprint density at radius 3 is 2.56 bits per heavy atom. The summed E-state index contributed by atoms with van der Waals surface area (Å²) in [6.45, 7) is 9.19. The Hall–Kier alpha value is -1.50. The minimum atomic E-state index is -0.203. The lowest BCUT2D eigenvalue weighted by Gasteiger charge is -2.26. The molecule has 1 aromatic carbocycles. The summed E-state index contributed by atoms with van der Waals surface area (Å²) in [5.41, 5.74) is 2.53. The third-order valence-corrected chi connectivity index (χ3v) is 5.50. The molecule has 0 spiro atoms. The summed E-state index contributed by atoms with van der Waals surface area (Å²) >= 11 is 5.58. The van der Waals surface area contributed by atoms with Crippen molar-refractivity contribution in [2.45, 2.75) is 51.8 Å². The van der Waals surface area contributed by atoms with E-state index in [4.69, 9.17) is 17.3 Å². The molecule has 0 bridgehead atoms. The van der Waals surface area contributed by atoms with Gasteiger partial charge in [0, 0.05) is 12.6 Å². The maximum absolute atomic E-state index is 9.87. The summed E-state index contributed by atoms with van der Waals surface area (Å²) in [4.78, 5) is 1.34. The minimum absolute atomic E-state index is 0.141. The van der Waals surface area contributed by atoms with Crippen molar-refractivity contribution < 1.29 is 10.0 Å². The second-order valence-electron chi connectivity index (χ2n) is 8.15. The lowest BCUT2D eigenvalue weighted by molar-refractivity contribution is -0.931. The van der Waals surface area contributed by atoms with E-state index in [2.05, 4.69) is 45.0 Å². The Labute approximate surface area is 154 Å². The van der Waals surface area contributed by atoms with Gasteiger partial charge in [-0.3, -0.25) is 0 Å². The summed E-state index contributed by atoms with van der Waals surface area (Å²) < 4.78 is 4.60. The zero-order valence-electron chi connectivity index (χ0n) is 15.6. The van der Waals surface area contributed by atoms with E-state index in [1.165, 1.54) is 10.5 Å². The Kier molecular flexibility index (Phi) is 5.14. The van der Waals surface area contributed by atoms with Gasteiger partial charge in [0.2, 0.25) is 4.77 Å². The molecule has 0 saturated carbocycles. The molecule has 0 amide bonds. The molecule has 5 nitrogen and oxygen atoms in total. The van der Waals surface area contributed by atoms with Gasteiger partial charge < -0.3 is 14.6 Å². The molecule has 136 valence electrons. The topological polar surface area (TPSA) is 47.4 Å². The lowest BCUT2D eigenvalue weighted by Crippen LogP contribution is -3.13. The van der Waals surface area contributed by atoms with Crippen LogP contribution in [0.5, 0.6) is 0 Å². The molecule has 1 fully saturated rings. The fourth-order valence-electron chi connectivity index (χ4n) is 3.44. The molecule has 3 rings (SSSR count). The quantitative estimate of drug-likeness (QED) is 0.821. The zero-order chi connectivity index (χ0) is 18.2. The highest BCUT2D eigenvalue weighted by Crippen LogP contribution is 2.25. The van der Waals surface area contributed by atoms with E-state index in [0.717, 1.165) is 42.1 Å². The number of benzene rings is 1. The van der Waals surface area contributed by atoms with E-state index in [9.17, 15) is 5.11 Å². The van der Waals surface area contributed by atoms with Gasteiger partial charge in [0.1, 0.15) is 12.6 Å². The molecule has 2 aromatic rings. The van der Waals surface area contributed by atoms with Crippen molar-refractivity contribution in [1.82, 2.24) is 14.3 Å². The highest BCUT2D eigenvalue weighted by Gasteiger charge is 2.22. The van der Waals surface area contributed by atoms with Gasteiger partial charge >= 0.3 is 0 Å². The minimum Gasteiger partial charge on any atom is -0.387 e. The first kappa shape index (κ1) is 18.3. The molecule has 6 heteroatoms. The molecule has 1 aliphatic heterocycles. The third-order valence-electron chi connectivity index (χ3n) is 5.02. The van der Waals surface area contributed by atoms with Crippen LogP contribution in [0.3, 0.4) is 0 Å². The van der Waals surface area contributed by atoms with Gasteiger partial charge in [-0.1, -0.05) is 45.0 Å². The van der Waals surface area contributed by atoms with E-state index in [0.29, 0.717) is 6.67 Å². The summed E-state index contributed by atoms with van der Waals surface area (Å²) in [5.74, 6) is 0.891. The van der Waals surface area contributed by atoms with Crippen molar-refractivity contribution >= 4 is 12.2 Å². The molecule has 1 aromatic heterocycles. The van der Waals surface area contributed by atoms with Crippen LogP contribution in [0.4, 0.5) is 0 Å². The van der Waals surface area contributed by atoms with Gasteiger partial charge in [-0.15, -0.1) is 5.10 Å². The van der Waals surface area contributed by atoms with Crippen molar-refractivity contribution in [2.75, 3.05) is 13.1 Å². The van der Waals surface area contributed by atoms with E-state index in [-0.39, 0.29) is 11.5 Å². The number of aliphatic hydroxyl groups excluding tert-OH is 1. The number of quaternary nitrogens is 1. The molecule has 2 heterocycles. The molecule has 1 unspecified atom stereocenters. The van der Waals surface area contributed by atoms with E-state index < -0.39 is 0 Å². The van der Waals surface area contributed by atoms with E-state index >= 15 is 0 Å². The summed E-state index contributed by atoms with van der Waals surface area (Å²) in [7, 11) is 1.97. The van der Waals surface area contributed by atoms with Gasteiger partial charge in [0.15, 0.2) is 12.5 Å². The van der Waals surface area contributed by atoms with Crippen molar-refractivity contribution in [2.24, 2.45) is 7.05 Å². The number of aliphatic hydroxyl groups is 1. The molecule has 0 radical (unpaired) electrons. The van der Waals surface area contributed by atoms with Crippen LogP contribution in [-0.4, -0.2) is 38.6 Å². The fraction of sp³-hybridized carbons (Fsp3) is 0.579. The number of rotatable bonds is 3. The van der Waals surface area contributed by atoms with Gasteiger partial charge in [0.05, 0.1) is 6.54 Å². The van der Waals surface area contributed by atoms with Gasteiger partial charge in [-0.25, -0.2) is 0 Å². The zero-order valence-corrected chi connectivity index (χ0v) is 16.4. The molecule has 1 saturated heterocycles. The number of nitrogens with one attached hydrogen (secondary N) is 1. The number of likely N-dealkylation sites (tertiary alicyclic amines) is 1. The predicted octanol–water partition coefficient (Wildman–Crippen LogP) is 1.91. The summed E-state index contributed by atoms with van der Waals surface area (Å²) in [5, 5.41) is 14.6. The highest BCUT2D eigenvalue weighted by molar-refractivity contribution is 7.71. The van der Waals surface area contributed by atoms with E-state index in [1.807, 2.05) is 16.3 Å². The van der Waals surface area contributed by atoms with Crippen LogP contribution in [0.15, 0.2) is 24.3 Å². The van der Waals surface area contributed by atoms with Crippen LogP contribution in [0, 0.1) is 4.77 Å². The standard InChI is InChI=1S/C19H28N4OS/c1-19(2,3)15-9-7-14(8-10-15)17-20-23(18(25)21(17)4)13-22-11-5-6-16(24)12-22/h7-10,16,24H,5-6,11-13H2,1-4H3/p+1/t16-/m0/s1. The number of hydrogen-bond donors (Lipinski definition) is 2. The largest absolute Gasteiger partial charge is 0.387 e. The first-order valence-electron chi connectivity index (χ1n) is 9.02. The first-order chi connectivity index (χ1) is 11.8. The highest BCUT2D eigenvalue weighted by atomic mass is 32.1. The molecular formula is C19H29N4OS+. The van der Waals surface area contributed by atoms with Crippen molar-refractivity contribution in [3.05, 3.63) is 34.6 Å². The molecule has 2 N–H and O–H groups in total. The van der Waals surface area contributed by atoms with Gasteiger partial charge in [-0.2, -0.15) is 4.68 Å². The summed E-state index contributed by atoms with van der Waals surface area (Å²) in [6.07, 6.45) is 1.76. The van der Waals surface area contributed by atoms with Crippen molar-refractivity contribution in [3.8, 4) is 11.4 Å². The molecule has 1 aliphatic rings. The number of hydrogen-bond acceptors (Lipinski definition) is 3. The SMILES string of the molecule is Cn1c(-c2ccc(C(C)(C)C)cc2)nn(C[NH+]2CCC[C@H](O)C2)c1=S. The average molecular weight is 362 g/mol. The normalized spacial score (nSPS) is 21.5. The third kappa shape index (κ3) is 4.02. The van der Waals surface area contributed by atoms with Crippen molar-refractivity contribution in [3.63, 3.8) is 0 Å². The molecule has 0 aliphatic carbocycles. The molecule has 25 heavy (non-hydrogen) atoms. The predicted molar refractivity (Wildman–Crippen MR) is 102 cm³/mol. The van der Waals surface area contributed by atoms with E-state index in [1.54, 1.807) is 0 Å². The number of nitrogens with zero attached hydrogens (tertiary/aromatic N) is 3. The first-order valence-corrected chi connectivity index (χ1v) is 9.43. The number of aromatic nitrogens is 3. The maximum atomic E-state index is 9.87. The second kappa shape index (κ2) is 7.02. The molecular weight excluding hydrogens is 332 g/mol. The second-order valence-corrected chi connectivity index (χ2v) is 8.52. The monoisotopic (exact) mass is 361 g/mol. The van der Waals surface area contributed by atoms with Crippen LogP contribution in [0.25, 0.3) is 11.4 Å². The number of piperidine rings is 1. The fourth-order valence-corrected chi connectivity index (χ4v) is 3.63. The van der Waals surface area contributed by atoms with Crippen molar-refractivity contribution in [1.29, 1.82) is 0 Å². The van der Waals surface area contributed by atoms with Gasteiger partial charge in [0.25, 0.3) is 0 Å².